The van der Waals surface area contributed by atoms with Crippen LogP contribution in [0.5, 0.6) is 0 Å². The second-order valence-electron chi connectivity index (χ2n) is 5.91. The van der Waals surface area contributed by atoms with Crippen molar-refractivity contribution in [2.24, 2.45) is 11.8 Å². The molecule has 20 heavy (non-hydrogen) atoms. The number of benzene rings is 1. The Hall–Kier alpha value is -1.63. The van der Waals surface area contributed by atoms with E-state index >= 15 is 0 Å². The first-order valence-electron chi connectivity index (χ1n) is 7.61. The maximum absolute atomic E-state index is 11.1. The SMILES string of the molecule is CC(=O)C=CC=C(c1ccccc1)C1CCC(C)CC1. The van der Waals surface area contributed by atoms with Crippen LogP contribution in [0.4, 0.5) is 0 Å². The molecule has 1 heteroatoms. The lowest BCUT2D eigenvalue weighted by Crippen LogP contribution is -2.13. The quantitative estimate of drug-likeness (QED) is 0.552. The molecule has 106 valence electrons. The molecule has 1 aromatic carbocycles. The number of rotatable bonds is 4. The summed E-state index contributed by atoms with van der Waals surface area (Å²) in [5, 5.41) is 0. The first-order valence-corrected chi connectivity index (χ1v) is 7.61. The van der Waals surface area contributed by atoms with E-state index in [0.717, 1.165) is 5.92 Å². The summed E-state index contributed by atoms with van der Waals surface area (Å²) in [6.07, 6.45) is 10.8. The highest BCUT2D eigenvalue weighted by Crippen LogP contribution is 2.37. The molecule has 1 saturated carbocycles. The molecule has 0 heterocycles. The van der Waals surface area contributed by atoms with Crippen LogP contribution in [0, 0.1) is 11.8 Å². The zero-order valence-corrected chi connectivity index (χ0v) is 12.5. The molecular formula is C19H24O. The third-order valence-electron chi connectivity index (χ3n) is 4.17. The monoisotopic (exact) mass is 268 g/mol. The fourth-order valence-electron chi connectivity index (χ4n) is 2.96. The zero-order valence-electron chi connectivity index (χ0n) is 12.5. The third kappa shape index (κ3) is 4.19. The summed E-state index contributed by atoms with van der Waals surface area (Å²) in [7, 11) is 0. The number of allylic oxidation sites excluding steroid dienone is 4. The molecule has 1 aliphatic rings. The maximum atomic E-state index is 11.1. The number of hydrogen-bond acceptors (Lipinski definition) is 1. The Kier molecular flexibility index (Phi) is 5.34. The second kappa shape index (κ2) is 7.23. The van der Waals surface area contributed by atoms with Crippen LogP contribution in [0.25, 0.3) is 5.57 Å². The van der Waals surface area contributed by atoms with Gasteiger partial charge in [0.05, 0.1) is 0 Å². The van der Waals surface area contributed by atoms with Gasteiger partial charge in [0.15, 0.2) is 5.78 Å². The van der Waals surface area contributed by atoms with Crippen LogP contribution in [-0.2, 0) is 4.79 Å². The second-order valence-corrected chi connectivity index (χ2v) is 5.91. The smallest absolute Gasteiger partial charge is 0.152 e. The van der Waals surface area contributed by atoms with E-state index in [-0.39, 0.29) is 5.78 Å². The number of hydrogen-bond donors (Lipinski definition) is 0. The van der Waals surface area contributed by atoms with E-state index in [1.807, 2.05) is 6.08 Å². The summed E-state index contributed by atoms with van der Waals surface area (Å²) >= 11 is 0. The average Bonchev–Trinajstić information content (AvgIpc) is 2.46. The molecule has 0 bridgehead atoms. The van der Waals surface area contributed by atoms with Crippen molar-refractivity contribution in [2.45, 2.75) is 39.5 Å². The van der Waals surface area contributed by atoms with Gasteiger partial charge in [-0.3, -0.25) is 4.79 Å². The van der Waals surface area contributed by atoms with Crippen molar-refractivity contribution in [2.75, 3.05) is 0 Å². The van der Waals surface area contributed by atoms with Gasteiger partial charge in [-0.2, -0.15) is 0 Å². The van der Waals surface area contributed by atoms with Gasteiger partial charge in [-0.05, 0) is 48.8 Å². The number of ketones is 1. The molecule has 0 spiro atoms. The molecule has 0 saturated heterocycles. The van der Waals surface area contributed by atoms with Crippen molar-refractivity contribution < 1.29 is 4.79 Å². The number of carbonyl (C=O) groups excluding carboxylic acids is 1. The Bertz CT molecular complexity index is 488. The van der Waals surface area contributed by atoms with E-state index in [1.165, 1.54) is 36.8 Å². The molecule has 0 unspecified atom stereocenters. The van der Waals surface area contributed by atoms with Crippen LogP contribution < -0.4 is 0 Å². The molecule has 0 aliphatic heterocycles. The molecular weight excluding hydrogens is 244 g/mol. The molecule has 1 fully saturated rings. The van der Waals surface area contributed by atoms with Crippen LogP contribution in [-0.4, -0.2) is 5.78 Å². The van der Waals surface area contributed by atoms with Gasteiger partial charge in [0.1, 0.15) is 0 Å². The van der Waals surface area contributed by atoms with Crippen molar-refractivity contribution >= 4 is 11.4 Å². The van der Waals surface area contributed by atoms with E-state index < -0.39 is 0 Å². The van der Waals surface area contributed by atoms with Crippen LogP contribution in [0.15, 0.2) is 48.6 Å². The van der Waals surface area contributed by atoms with Crippen molar-refractivity contribution in [1.82, 2.24) is 0 Å². The van der Waals surface area contributed by atoms with Gasteiger partial charge in [0.25, 0.3) is 0 Å². The fourth-order valence-corrected chi connectivity index (χ4v) is 2.96. The van der Waals surface area contributed by atoms with Gasteiger partial charge in [-0.25, -0.2) is 0 Å². The first kappa shape index (κ1) is 14.8. The van der Waals surface area contributed by atoms with Gasteiger partial charge in [-0.15, -0.1) is 0 Å². The van der Waals surface area contributed by atoms with Crippen LogP contribution in [0.3, 0.4) is 0 Å². The Labute approximate surface area is 122 Å². The number of carbonyl (C=O) groups is 1. The van der Waals surface area contributed by atoms with Crippen molar-refractivity contribution in [3.63, 3.8) is 0 Å². The Morgan fingerprint density at radius 2 is 1.75 bits per heavy atom. The molecule has 0 atom stereocenters. The maximum Gasteiger partial charge on any atom is 0.152 e. The Balaban J connectivity index is 2.22. The van der Waals surface area contributed by atoms with Gasteiger partial charge in [-0.1, -0.05) is 62.2 Å². The van der Waals surface area contributed by atoms with Gasteiger partial charge < -0.3 is 0 Å². The van der Waals surface area contributed by atoms with Crippen LogP contribution >= 0.6 is 0 Å². The highest BCUT2D eigenvalue weighted by Gasteiger charge is 2.21. The van der Waals surface area contributed by atoms with Crippen LogP contribution in [0.1, 0.15) is 45.1 Å². The molecule has 1 nitrogen and oxygen atoms in total. The van der Waals surface area contributed by atoms with E-state index in [0.29, 0.717) is 5.92 Å². The van der Waals surface area contributed by atoms with Crippen molar-refractivity contribution in [1.29, 1.82) is 0 Å². The first-order chi connectivity index (χ1) is 9.66. The summed E-state index contributed by atoms with van der Waals surface area (Å²) in [6.45, 7) is 3.94. The molecule has 1 aliphatic carbocycles. The minimum absolute atomic E-state index is 0.103. The average molecular weight is 268 g/mol. The minimum atomic E-state index is 0.103. The van der Waals surface area contributed by atoms with Crippen LogP contribution in [0.2, 0.25) is 0 Å². The Morgan fingerprint density at radius 1 is 1.10 bits per heavy atom. The topological polar surface area (TPSA) is 17.1 Å². The highest BCUT2D eigenvalue weighted by atomic mass is 16.1. The molecule has 0 radical (unpaired) electrons. The molecule has 0 N–H and O–H groups in total. The fraction of sp³-hybridized carbons (Fsp3) is 0.421. The summed E-state index contributed by atoms with van der Waals surface area (Å²) in [5.41, 5.74) is 2.68. The van der Waals surface area contributed by atoms with E-state index in [4.69, 9.17) is 0 Å². The van der Waals surface area contributed by atoms with E-state index in [2.05, 4.69) is 43.3 Å². The predicted molar refractivity (Wildman–Crippen MR) is 85.4 cm³/mol. The summed E-state index contributed by atoms with van der Waals surface area (Å²) in [4.78, 5) is 11.1. The zero-order chi connectivity index (χ0) is 14.4. The van der Waals surface area contributed by atoms with E-state index in [9.17, 15) is 4.79 Å². The molecule has 0 aromatic heterocycles. The Morgan fingerprint density at radius 3 is 2.35 bits per heavy atom. The summed E-state index contributed by atoms with van der Waals surface area (Å²) in [5.74, 6) is 1.59. The molecule has 1 aromatic rings. The van der Waals surface area contributed by atoms with Gasteiger partial charge in [0, 0.05) is 0 Å². The normalized spacial score (nSPS) is 24.0. The van der Waals surface area contributed by atoms with Gasteiger partial charge >= 0.3 is 0 Å². The lowest BCUT2D eigenvalue weighted by molar-refractivity contribution is -0.112. The largest absolute Gasteiger partial charge is 0.295 e. The standard InChI is InChI=1S/C19H24O/c1-15-11-13-18(14-12-15)19(10-6-7-16(2)20)17-8-4-3-5-9-17/h3-10,15,18H,11-14H2,1-2H3. The summed E-state index contributed by atoms with van der Waals surface area (Å²) < 4.78 is 0. The van der Waals surface area contributed by atoms with Crippen molar-refractivity contribution in [3.8, 4) is 0 Å². The minimum Gasteiger partial charge on any atom is -0.295 e. The molecule has 2 rings (SSSR count). The molecule has 0 amide bonds. The third-order valence-corrected chi connectivity index (χ3v) is 4.17. The summed E-state index contributed by atoms with van der Waals surface area (Å²) in [6, 6.07) is 10.6. The predicted octanol–water partition coefficient (Wildman–Crippen LogP) is 5.04. The lowest BCUT2D eigenvalue weighted by Gasteiger charge is -2.28. The lowest BCUT2D eigenvalue weighted by atomic mass is 9.77. The van der Waals surface area contributed by atoms with E-state index in [1.54, 1.807) is 13.0 Å². The van der Waals surface area contributed by atoms with Crippen molar-refractivity contribution in [3.05, 3.63) is 54.1 Å². The highest BCUT2D eigenvalue weighted by molar-refractivity contribution is 5.87. The van der Waals surface area contributed by atoms with Gasteiger partial charge in [0.2, 0.25) is 0 Å².